The van der Waals surface area contributed by atoms with Gasteiger partial charge in [-0.1, -0.05) is 54.6 Å². The number of aromatic nitrogens is 4. The maximum atomic E-state index is 5.32. The lowest BCUT2D eigenvalue weighted by Crippen LogP contribution is -2.02. The molecule has 0 saturated carbocycles. The Morgan fingerprint density at radius 3 is 2.58 bits per heavy atom. The Morgan fingerprint density at radius 2 is 1.71 bits per heavy atom. The lowest BCUT2D eigenvalue weighted by Gasteiger charge is -2.09. The molecule has 0 aliphatic rings. The van der Waals surface area contributed by atoms with Gasteiger partial charge in [0.2, 0.25) is 0 Å². The first-order valence-corrected chi connectivity index (χ1v) is 10.9. The number of benzene rings is 3. The predicted octanol–water partition coefficient (Wildman–Crippen LogP) is 5.99. The van der Waals surface area contributed by atoms with Gasteiger partial charge in [0.25, 0.3) is 0 Å². The molecular formula is C25H20N4OS. The zero-order valence-corrected chi connectivity index (χ0v) is 17.8. The summed E-state index contributed by atoms with van der Waals surface area (Å²) < 4.78 is 5.32. The molecule has 152 valence electrons. The van der Waals surface area contributed by atoms with E-state index < -0.39 is 0 Å². The molecule has 5 nitrogen and oxygen atoms in total. The third kappa shape index (κ3) is 4.02. The first-order chi connectivity index (χ1) is 15.3. The van der Waals surface area contributed by atoms with E-state index in [0.717, 1.165) is 44.1 Å². The molecule has 0 amide bonds. The third-order valence-corrected chi connectivity index (χ3v) is 6.02. The number of hydrogen-bond acceptors (Lipinski definition) is 5. The van der Waals surface area contributed by atoms with Crippen LogP contribution in [0.5, 0.6) is 5.75 Å². The van der Waals surface area contributed by atoms with Crippen LogP contribution in [-0.2, 0) is 5.75 Å². The van der Waals surface area contributed by atoms with E-state index in [4.69, 9.17) is 9.72 Å². The summed E-state index contributed by atoms with van der Waals surface area (Å²) in [6.07, 6.45) is 2.00. The normalized spacial score (nSPS) is 11.0. The summed E-state index contributed by atoms with van der Waals surface area (Å²) in [5.41, 5.74) is 4.70. The summed E-state index contributed by atoms with van der Waals surface area (Å²) >= 11 is 1.66. The van der Waals surface area contributed by atoms with Gasteiger partial charge in [-0.25, -0.2) is 4.98 Å². The summed E-state index contributed by atoms with van der Waals surface area (Å²) in [5.74, 6) is 2.14. The van der Waals surface area contributed by atoms with Crippen molar-refractivity contribution in [2.45, 2.75) is 10.6 Å². The van der Waals surface area contributed by atoms with Crippen LogP contribution < -0.4 is 4.74 Å². The van der Waals surface area contributed by atoms with Crippen molar-refractivity contribution in [3.63, 3.8) is 0 Å². The molecule has 1 N–H and O–H groups in total. The Balaban J connectivity index is 1.55. The molecule has 0 saturated heterocycles. The zero-order chi connectivity index (χ0) is 21.0. The van der Waals surface area contributed by atoms with Crippen molar-refractivity contribution in [3.8, 4) is 28.3 Å². The van der Waals surface area contributed by atoms with E-state index >= 15 is 0 Å². The van der Waals surface area contributed by atoms with Gasteiger partial charge in [0.05, 0.1) is 12.9 Å². The van der Waals surface area contributed by atoms with Gasteiger partial charge >= 0.3 is 0 Å². The first-order valence-electron chi connectivity index (χ1n) is 9.94. The highest BCUT2D eigenvalue weighted by Crippen LogP contribution is 2.34. The molecule has 6 heteroatoms. The molecule has 0 spiro atoms. The fourth-order valence-corrected chi connectivity index (χ4v) is 4.30. The first kappa shape index (κ1) is 19.3. The van der Waals surface area contributed by atoms with Crippen LogP contribution in [0.2, 0.25) is 0 Å². The highest BCUT2D eigenvalue weighted by molar-refractivity contribution is 7.98. The minimum absolute atomic E-state index is 0.616. The van der Waals surface area contributed by atoms with Gasteiger partial charge in [-0.3, -0.25) is 0 Å². The van der Waals surface area contributed by atoms with Gasteiger partial charge in [0.15, 0.2) is 5.82 Å². The second-order valence-electron chi connectivity index (χ2n) is 7.01. The number of aromatic amines is 1. The SMILES string of the molecule is COc1cccc(SCc2nnc(-c3ccccc3)c(-c3c[nH]c4ccccc34)n2)c1. The van der Waals surface area contributed by atoms with E-state index in [2.05, 4.69) is 33.4 Å². The second-order valence-corrected chi connectivity index (χ2v) is 8.06. The topological polar surface area (TPSA) is 63.7 Å². The molecule has 2 aromatic heterocycles. The molecule has 0 aliphatic carbocycles. The Labute approximate surface area is 184 Å². The van der Waals surface area contributed by atoms with E-state index in [9.17, 15) is 0 Å². The van der Waals surface area contributed by atoms with Crippen molar-refractivity contribution < 1.29 is 4.74 Å². The third-order valence-electron chi connectivity index (χ3n) is 5.03. The van der Waals surface area contributed by atoms with E-state index in [0.29, 0.717) is 11.6 Å². The number of rotatable bonds is 6. The van der Waals surface area contributed by atoms with Crippen LogP contribution in [0.15, 0.2) is 90.0 Å². The zero-order valence-electron chi connectivity index (χ0n) is 16.9. The smallest absolute Gasteiger partial charge is 0.161 e. The number of fused-ring (bicyclic) bond motifs is 1. The van der Waals surface area contributed by atoms with Gasteiger partial charge in [0, 0.05) is 33.1 Å². The summed E-state index contributed by atoms with van der Waals surface area (Å²) in [4.78, 5) is 9.40. The second kappa shape index (κ2) is 8.62. The number of hydrogen-bond donors (Lipinski definition) is 1. The van der Waals surface area contributed by atoms with Crippen molar-refractivity contribution >= 4 is 22.7 Å². The van der Waals surface area contributed by atoms with Crippen molar-refractivity contribution in [3.05, 3.63) is 90.9 Å². The number of nitrogens with zero attached hydrogens (tertiary/aromatic N) is 3. The van der Waals surface area contributed by atoms with Crippen LogP contribution in [-0.4, -0.2) is 27.3 Å². The average molecular weight is 425 g/mol. The van der Waals surface area contributed by atoms with E-state index in [1.165, 1.54) is 0 Å². The maximum Gasteiger partial charge on any atom is 0.161 e. The van der Waals surface area contributed by atoms with Crippen molar-refractivity contribution in [1.82, 2.24) is 20.2 Å². The standard InChI is InChI=1S/C25H20N4OS/c1-30-18-10-7-11-19(14-18)31-16-23-27-25(21-15-26-22-13-6-5-12-20(21)22)24(29-28-23)17-8-3-2-4-9-17/h2-15,26H,16H2,1H3. The summed E-state index contributed by atoms with van der Waals surface area (Å²) in [6, 6.07) is 26.3. The Hall–Kier alpha value is -3.64. The highest BCUT2D eigenvalue weighted by atomic mass is 32.2. The number of para-hydroxylation sites is 1. The predicted molar refractivity (Wildman–Crippen MR) is 125 cm³/mol. The van der Waals surface area contributed by atoms with Gasteiger partial charge in [0.1, 0.15) is 17.1 Å². The average Bonchev–Trinajstić information content (AvgIpc) is 3.27. The molecule has 0 unspecified atom stereocenters. The summed E-state index contributed by atoms with van der Waals surface area (Å²) in [7, 11) is 1.67. The van der Waals surface area contributed by atoms with Crippen LogP contribution in [0.4, 0.5) is 0 Å². The number of nitrogens with one attached hydrogen (secondary N) is 1. The molecule has 0 fully saturated rings. The molecule has 0 bridgehead atoms. The summed E-state index contributed by atoms with van der Waals surface area (Å²) in [5, 5.41) is 10.2. The molecule has 31 heavy (non-hydrogen) atoms. The Bertz CT molecular complexity index is 1330. The van der Waals surface area contributed by atoms with Crippen molar-refractivity contribution in [2.75, 3.05) is 7.11 Å². The molecule has 0 aliphatic heterocycles. The van der Waals surface area contributed by atoms with E-state index in [1.54, 1.807) is 18.9 Å². The van der Waals surface area contributed by atoms with Crippen LogP contribution >= 0.6 is 11.8 Å². The molecule has 5 aromatic rings. The highest BCUT2D eigenvalue weighted by Gasteiger charge is 2.17. The maximum absolute atomic E-state index is 5.32. The number of methoxy groups -OCH3 is 1. The fourth-order valence-electron chi connectivity index (χ4n) is 3.51. The van der Waals surface area contributed by atoms with Crippen molar-refractivity contribution in [1.29, 1.82) is 0 Å². The van der Waals surface area contributed by atoms with E-state index in [-0.39, 0.29) is 0 Å². The fraction of sp³-hybridized carbons (Fsp3) is 0.0800. The Morgan fingerprint density at radius 1 is 0.871 bits per heavy atom. The van der Waals surface area contributed by atoms with Crippen LogP contribution in [0.1, 0.15) is 5.82 Å². The Kier molecular flexibility index (Phi) is 5.37. The monoisotopic (exact) mass is 424 g/mol. The molecule has 0 radical (unpaired) electrons. The lowest BCUT2D eigenvalue weighted by atomic mass is 10.0. The van der Waals surface area contributed by atoms with E-state index in [1.807, 2.05) is 66.9 Å². The minimum Gasteiger partial charge on any atom is -0.497 e. The van der Waals surface area contributed by atoms with Gasteiger partial charge in [-0.2, -0.15) is 0 Å². The van der Waals surface area contributed by atoms with Crippen LogP contribution in [0.25, 0.3) is 33.4 Å². The van der Waals surface area contributed by atoms with Crippen LogP contribution in [0.3, 0.4) is 0 Å². The van der Waals surface area contributed by atoms with Crippen LogP contribution in [0, 0.1) is 0 Å². The lowest BCUT2D eigenvalue weighted by molar-refractivity contribution is 0.413. The van der Waals surface area contributed by atoms with Crippen molar-refractivity contribution in [2.24, 2.45) is 0 Å². The number of thioether (sulfide) groups is 1. The van der Waals surface area contributed by atoms with Gasteiger partial charge in [-0.05, 0) is 24.3 Å². The largest absolute Gasteiger partial charge is 0.497 e. The molecular weight excluding hydrogens is 404 g/mol. The quantitative estimate of drug-likeness (QED) is 0.339. The molecule has 0 atom stereocenters. The molecule has 5 rings (SSSR count). The molecule has 2 heterocycles. The molecule has 3 aromatic carbocycles. The van der Waals surface area contributed by atoms with Gasteiger partial charge in [-0.15, -0.1) is 22.0 Å². The summed E-state index contributed by atoms with van der Waals surface area (Å²) in [6.45, 7) is 0. The number of ether oxygens (including phenoxy) is 1. The minimum atomic E-state index is 0.616. The number of H-pyrrole nitrogens is 1. The van der Waals surface area contributed by atoms with Gasteiger partial charge < -0.3 is 9.72 Å².